The van der Waals surface area contributed by atoms with Crippen LogP contribution in [0.15, 0.2) is 11.5 Å². The summed E-state index contributed by atoms with van der Waals surface area (Å²) in [4.78, 5) is 11.0. The van der Waals surface area contributed by atoms with Crippen LogP contribution in [0.1, 0.15) is 13.8 Å². The Morgan fingerprint density at radius 1 is 1.38 bits per heavy atom. The van der Waals surface area contributed by atoms with E-state index in [1.54, 1.807) is 0 Å². The number of esters is 1. The van der Waals surface area contributed by atoms with Crippen molar-refractivity contribution in [2.75, 3.05) is 6.61 Å². The van der Waals surface area contributed by atoms with Gasteiger partial charge in [-0.15, -0.1) is 0 Å². The first kappa shape index (κ1) is 11.2. The first-order valence-electron chi connectivity index (χ1n) is 5.11. The van der Waals surface area contributed by atoms with Gasteiger partial charge in [0.05, 0.1) is 6.61 Å². The highest BCUT2D eigenvalue weighted by Crippen LogP contribution is 2.29. The molecule has 6 heteroatoms. The molecule has 0 radical (unpaired) electrons. The van der Waals surface area contributed by atoms with Crippen molar-refractivity contribution in [3.05, 3.63) is 11.5 Å². The van der Waals surface area contributed by atoms with E-state index in [2.05, 4.69) is 0 Å². The number of hydrogen-bond donors (Lipinski definition) is 2. The van der Waals surface area contributed by atoms with Crippen LogP contribution < -0.4 is 0 Å². The first-order chi connectivity index (χ1) is 7.50. The molecule has 0 amide bonds. The van der Waals surface area contributed by atoms with Gasteiger partial charge in [0.1, 0.15) is 6.10 Å². The van der Waals surface area contributed by atoms with Crippen molar-refractivity contribution in [3.63, 3.8) is 0 Å². The second-order valence-electron chi connectivity index (χ2n) is 4.18. The summed E-state index contributed by atoms with van der Waals surface area (Å²) >= 11 is 0. The van der Waals surface area contributed by atoms with E-state index in [9.17, 15) is 9.90 Å². The number of carbonyl (C=O) groups is 1. The Balaban J connectivity index is 2.04. The summed E-state index contributed by atoms with van der Waals surface area (Å²) in [7, 11) is 0. The number of ether oxygens (including phenoxy) is 3. The van der Waals surface area contributed by atoms with E-state index in [0.717, 1.165) is 0 Å². The lowest BCUT2D eigenvalue weighted by atomic mass is 10.2. The summed E-state index contributed by atoms with van der Waals surface area (Å²) in [5.41, 5.74) is 0. The van der Waals surface area contributed by atoms with Crippen LogP contribution in [0.4, 0.5) is 0 Å². The van der Waals surface area contributed by atoms with E-state index in [1.807, 2.05) is 13.8 Å². The van der Waals surface area contributed by atoms with E-state index < -0.39 is 29.7 Å². The first-order valence-corrected chi connectivity index (χ1v) is 5.11. The van der Waals surface area contributed by atoms with E-state index in [-0.39, 0.29) is 18.8 Å². The molecule has 2 aliphatic heterocycles. The Hall–Kier alpha value is -1.27. The van der Waals surface area contributed by atoms with Crippen molar-refractivity contribution in [1.29, 1.82) is 0 Å². The summed E-state index contributed by atoms with van der Waals surface area (Å²) in [6.07, 6.45) is -1.91. The van der Waals surface area contributed by atoms with Crippen LogP contribution in [0.5, 0.6) is 0 Å². The van der Waals surface area contributed by atoms with Gasteiger partial charge >= 0.3 is 5.97 Å². The van der Waals surface area contributed by atoms with Gasteiger partial charge in [0, 0.05) is 5.92 Å². The predicted octanol–water partition coefficient (Wildman–Crippen LogP) is 0.637. The van der Waals surface area contributed by atoms with Crippen LogP contribution in [0, 0.1) is 5.92 Å². The lowest BCUT2D eigenvalue weighted by Crippen LogP contribution is -2.31. The van der Waals surface area contributed by atoms with Crippen molar-refractivity contribution in [3.8, 4) is 0 Å². The average Bonchev–Trinajstić information content (AvgIpc) is 2.79. The Bertz CT molecular complexity index is 334. The molecular formula is C10H14O6. The fourth-order valence-electron chi connectivity index (χ4n) is 1.67. The predicted molar refractivity (Wildman–Crippen MR) is 51.6 cm³/mol. The molecule has 2 rings (SSSR count). The zero-order chi connectivity index (χ0) is 11.9. The van der Waals surface area contributed by atoms with Gasteiger partial charge in [-0.3, -0.25) is 0 Å². The van der Waals surface area contributed by atoms with Gasteiger partial charge < -0.3 is 24.4 Å². The molecular weight excluding hydrogens is 216 g/mol. The molecule has 0 aliphatic carbocycles. The van der Waals surface area contributed by atoms with Crippen LogP contribution >= 0.6 is 0 Å². The van der Waals surface area contributed by atoms with Gasteiger partial charge in [-0.2, -0.15) is 0 Å². The van der Waals surface area contributed by atoms with Gasteiger partial charge in [-0.05, 0) is 0 Å². The van der Waals surface area contributed by atoms with Crippen LogP contribution in [-0.4, -0.2) is 41.3 Å². The third-order valence-corrected chi connectivity index (χ3v) is 2.56. The van der Waals surface area contributed by atoms with Crippen LogP contribution in [0.3, 0.4) is 0 Å². The molecule has 0 saturated carbocycles. The SMILES string of the molecule is CC(C)C1OC[C@@H](C2OC(=O)C(O)=C2O)O1. The Kier molecular flexibility index (Phi) is 2.77. The van der Waals surface area contributed by atoms with Crippen molar-refractivity contribution in [2.24, 2.45) is 5.92 Å². The fraction of sp³-hybridized carbons (Fsp3) is 0.700. The summed E-state index contributed by atoms with van der Waals surface area (Å²) in [6, 6.07) is 0. The Labute approximate surface area is 92.4 Å². The van der Waals surface area contributed by atoms with Gasteiger partial charge in [0.2, 0.25) is 5.76 Å². The third-order valence-electron chi connectivity index (χ3n) is 2.56. The molecule has 0 bridgehead atoms. The normalized spacial score (nSPS) is 34.9. The minimum Gasteiger partial charge on any atom is -0.505 e. The van der Waals surface area contributed by atoms with Crippen LogP contribution in [0.2, 0.25) is 0 Å². The highest BCUT2D eigenvalue weighted by molar-refractivity contribution is 5.89. The number of aliphatic hydroxyl groups is 2. The molecule has 2 N–H and O–H groups in total. The molecule has 0 aromatic rings. The zero-order valence-corrected chi connectivity index (χ0v) is 9.04. The molecule has 0 spiro atoms. The lowest BCUT2D eigenvalue weighted by molar-refractivity contribution is -0.150. The fourth-order valence-corrected chi connectivity index (χ4v) is 1.67. The molecule has 1 fully saturated rings. The van der Waals surface area contributed by atoms with Crippen molar-refractivity contribution >= 4 is 5.97 Å². The second kappa shape index (κ2) is 3.95. The molecule has 1 saturated heterocycles. The Morgan fingerprint density at radius 3 is 2.50 bits per heavy atom. The molecule has 3 atom stereocenters. The van der Waals surface area contributed by atoms with E-state index >= 15 is 0 Å². The maximum atomic E-state index is 11.0. The number of aliphatic hydroxyl groups excluding tert-OH is 2. The quantitative estimate of drug-likeness (QED) is 0.677. The van der Waals surface area contributed by atoms with Crippen LogP contribution in [0.25, 0.3) is 0 Å². The molecule has 2 heterocycles. The van der Waals surface area contributed by atoms with E-state index in [1.165, 1.54) is 0 Å². The number of hydrogen-bond acceptors (Lipinski definition) is 6. The standard InChI is InChI=1S/C10H14O6/c1-4(2)10-14-3-5(15-10)8-6(11)7(12)9(13)16-8/h4-5,8,10-12H,3H2,1-2H3/t5-,8?,10?/m0/s1. The lowest BCUT2D eigenvalue weighted by Gasteiger charge is -2.17. The Morgan fingerprint density at radius 2 is 2.06 bits per heavy atom. The number of cyclic esters (lactones) is 1. The summed E-state index contributed by atoms with van der Waals surface area (Å²) < 4.78 is 15.6. The minimum atomic E-state index is -0.962. The maximum absolute atomic E-state index is 11.0. The number of rotatable bonds is 2. The van der Waals surface area contributed by atoms with E-state index in [0.29, 0.717) is 0 Å². The smallest absolute Gasteiger partial charge is 0.377 e. The van der Waals surface area contributed by atoms with Gasteiger partial charge in [-0.1, -0.05) is 13.8 Å². The summed E-state index contributed by atoms with van der Waals surface area (Å²) in [5, 5.41) is 18.6. The van der Waals surface area contributed by atoms with Crippen molar-refractivity contribution in [1.82, 2.24) is 0 Å². The van der Waals surface area contributed by atoms with Gasteiger partial charge in [-0.25, -0.2) is 4.79 Å². The third kappa shape index (κ3) is 1.74. The molecule has 6 nitrogen and oxygen atoms in total. The maximum Gasteiger partial charge on any atom is 0.377 e. The molecule has 16 heavy (non-hydrogen) atoms. The zero-order valence-electron chi connectivity index (χ0n) is 9.04. The average molecular weight is 230 g/mol. The van der Waals surface area contributed by atoms with Crippen molar-refractivity contribution < 1.29 is 29.2 Å². The van der Waals surface area contributed by atoms with Gasteiger partial charge in [0.15, 0.2) is 18.2 Å². The van der Waals surface area contributed by atoms with Gasteiger partial charge in [0.25, 0.3) is 0 Å². The molecule has 90 valence electrons. The molecule has 0 aromatic heterocycles. The molecule has 0 aromatic carbocycles. The molecule has 2 aliphatic rings. The summed E-state index contributed by atoms with van der Waals surface area (Å²) in [6.45, 7) is 4.08. The molecule has 2 unspecified atom stereocenters. The van der Waals surface area contributed by atoms with Crippen molar-refractivity contribution in [2.45, 2.75) is 32.3 Å². The topological polar surface area (TPSA) is 85.2 Å². The second-order valence-corrected chi connectivity index (χ2v) is 4.18. The monoisotopic (exact) mass is 230 g/mol. The van der Waals surface area contributed by atoms with Crippen LogP contribution in [-0.2, 0) is 19.0 Å². The highest BCUT2D eigenvalue weighted by Gasteiger charge is 2.44. The summed E-state index contributed by atoms with van der Waals surface area (Å²) in [5.74, 6) is -1.99. The largest absolute Gasteiger partial charge is 0.505 e. The highest BCUT2D eigenvalue weighted by atomic mass is 16.7. The van der Waals surface area contributed by atoms with E-state index in [4.69, 9.17) is 19.3 Å². The number of carbonyl (C=O) groups excluding carboxylic acids is 1. The minimum absolute atomic E-state index is 0.168.